The van der Waals surface area contributed by atoms with E-state index < -0.39 is 23.9 Å². The molecule has 1 atom stereocenters. The van der Waals surface area contributed by atoms with Crippen LogP contribution in [0, 0.1) is 0 Å². The second-order valence-electron chi connectivity index (χ2n) is 10.9. The number of imide groups is 1. The van der Waals surface area contributed by atoms with E-state index in [4.69, 9.17) is 9.47 Å². The van der Waals surface area contributed by atoms with Gasteiger partial charge in [-0.05, 0) is 91.0 Å². The van der Waals surface area contributed by atoms with Crippen molar-refractivity contribution in [3.8, 4) is 23.0 Å². The second kappa shape index (κ2) is 10.7. The summed E-state index contributed by atoms with van der Waals surface area (Å²) in [5.41, 5.74) is 2.12. The molecule has 0 aliphatic carbocycles. The third kappa shape index (κ3) is 4.39. The monoisotopic (exact) mass is 604 g/mol. The molecule has 8 rings (SSSR count). The molecule has 0 fully saturated rings. The maximum Gasteiger partial charge on any atom is 0.265 e. The Balaban J connectivity index is 1.11. The van der Waals surface area contributed by atoms with Gasteiger partial charge < -0.3 is 14.6 Å². The van der Waals surface area contributed by atoms with Gasteiger partial charge in [-0.2, -0.15) is 0 Å². The minimum Gasteiger partial charge on any atom is -0.457 e. The number of nitrogens with zero attached hydrogens (tertiary/aromatic N) is 2. The predicted octanol–water partition coefficient (Wildman–Crippen LogP) is 7.88. The highest BCUT2D eigenvalue weighted by Gasteiger charge is 2.40. The summed E-state index contributed by atoms with van der Waals surface area (Å²) in [6, 6.07) is 38.6. The van der Waals surface area contributed by atoms with Crippen LogP contribution < -0.4 is 19.3 Å². The SMILES string of the molecule is O=C1c2ccc3c4c(ccc(c24)C(=O)N1c1ccc(Oc2ccccc2)cc1)C(O)N(c1ccc(Oc2ccccc2)cc1)C3=O. The van der Waals surface area contributed by atoms with Crippen LogP contribution in [0.4, 0.5) is 11.4 Å². The lowest BCUT2D eigenvalue weighted by atomic mass is 9.85. The van der Waals surface area contributed by atoms with Crippen molar-refractivity contribution in [1.29, 1.82) is 0 Å². The van der Waals surface area contributed by atoms with Gasteiger partial charge in [-0.15, -0.1) is 0 Å². The molecule has 6 aromatic carbocycles. The van der Waals surface area contributed by atoms with Crippen LogP contribution in [-0.4, -0.2) is 22.8 Å². The summed E-state index contributed by atoms with van der Waals surface area (Å²) in [5.74, 6) is 0.992. The fraction of sp³-hybridized carbons (Fsp3) is 0.0263. The summed E-state index contributed by atoms with van der Waals surface area (Å²) >= 11 is 0. The number of hydrogen-bond acceptors (Lipinski definition) is 6. The summed E-state index contributed by atoms with van der Waals surface area (Å²) in [6.07, 6.45) is -1.34. The van der Waals surface area contributed by atoms with E-state index in [-0.39, 0.29) is 11.1 Å². The number of rotatable bonds is 6. The van der Waals surface area contributed by atoms with Crippen LogP contribution in [0.15, 0.2) is 133 Å². The molecule has 0 saturated carbocycles. The summed E-state index contributed by atoms with van der Waals surface area (Å²) in [4.78, 5) is 44.0. The Bertz CT molecular complexity index is 2140. The van der Waals surface area contributed by atoms with Gasteiger partial charge in [-0.1, -0.05) is 42.5 Å². The quantitative estimate of drug-likeness (QED) is 0.194. The third-order valence-corrected chi connectivity index (χ3v) is 8.20. The lowest BCUT2D eigenvalue weighted by Gasteiger charge is -2.36. The lowest BCUT2D eigenvalue weighted by molar-refractivity contribution is 0.0866. The van der Waals surface area contributed by atoms with Crippen LogP contribution in [0.25, 0.3) is 10.8 Å². The Kier molecular flexibility index (Phi) is 6.37. The molecule has 1 unspecified atom stereocenters. The van der Waals surface area contributed by atoms with Gasteiger partial charge in [0.25, 0.3) is 17.7 Å². The number of aliphatic hydroxyl groups excluding tert-OH is 1. The molecular weight excluding hydrogens is 580 g/mol. The highest BCUT2D eigenvalue weighted by Crippen LogP contribution is 2.43. The molecule has 8 heteroatoms. The van der Waals surface area contributed by atoms with E-state index in [0.29, 0.717) is 56.3 Å². The Morgan fingerprint density at radius 3 is 1.41 bits per heavy atom. The van der Waals surface area contributed by atoms with Gasteiger partial charge in [-0.25, -0.2) is 4.90 Å². The molecule has 3 amide bonds. The number of carbonyl (C=O) groups excluding carboxylic acids is 3. The van der Waals surface area contributed by atoms with Crippen molar-refractivity contribution in [2.45, 2.75) is 6.23 Å². The summed E-state index contributed by atoms with van der Waals surface area (Å²) in [6.45, 7) is 0. The maximum absolute atomic E-state index is 13.9. The summed E-state index contributed by atoms with van der Waals surface area (Å²) in [7, 11) is 0. The third-order valence-electron chi connectivity index (χ3n) is 8.20. The van der Waals surface area contributed by atoms with Crippen molar-refractivity contribution in [1.82, 2.24) is 0 Å². The van der Waals surface area contributed by atoms with Gasteiger partial charge in [0.15, 0.2) is 6.23 Å². The van der Waals surface area contributed by atoms with Gasteiger partial charge >= 0.3 is 0 Å². The molecule has 46 heavy (non-hydrogen) atoms. The van der Waals surface area contributed by atoms with E-state index in [9.17, 15) is 19.5 Å². The Morgan fingerprint density at radius 1 is 0.457 bits per heavy atom. The van der Waals surface area contributed by atoms with Gasteiger partial charge in [0.2, 0.25) is 0 Å². The normalized spacial score (nSPS) is 15.3. The highest BCUT2D eigenvalue weighted by molar-refractivity contribution is 6.37. The summed E-state index contributed by atoms with van der Waals surface area (Å²) in [5, 5.41) is 12.3. The number of carbonyl (C=O) groups is 3. The van der Waals surface area contributed by atoms with Crippen molar-refractivity contribution in [2.75, 3.05) is 9.80 Å². The number of benzene rings is 6. The molecule has 0 bridgehead atoms. The number of anilines is 2. The van der Waals surface area contributed by atoms with Crippen molar-refractivity contribution in [3.63, 3.8) is 0 Å². The second-order valence-corrected chi connectivity index (χ2v) is 10.9. The topological polar surface area (TPSA) is 96.4 Å². The zero-order chi connectivity index (χ0) is 31.4. The molecule has 222 valence electrons. The fourth-order valence-electron chi connectivity index (χ4n) is 6.07. The molecule has 0 aromatic heterocycles. The van der Waals surface area contributed by atoms with Crippen molar-refractivity contribution >= 4 is 39.9 Å². The van der Waals surface area contributed by atoms with E-state index >= 15 is 0 Å². The molecule has 1 N–H and O–H groups in total. The minimum absolute atomic E-state index is 0.274. The Hall–Kier alpha value is -6.25. The molecule has 8 nitrogen and oxygen atoms in total. The molecule has 2 aliphatic rings. The van der Waals surface area contributed by atoms with E-state index in [0.717, 1.165) is 4.90 Å². The molecule has 0 radical (unpaired) electrons. The maximum atomic E-state index is 13.9. The number of amides is 3. The van der Waals surface area contributed by atoms with Gasteiger partial charge in [-0.3, -0.25) is 19.3 Å². The van der Waals surface area contributed by atoms with Crippen molar-refractivity contribution < 1.29 is 29.0 Å². The highest BCUT2D eigenvalue weighted by atomic mass is 16.5. The zero-order valence-corrected chi connectivity index (χ0v) is 24.2. The molecule has 0 saturated heterocycles. The van der Waals surface area contributed by atoms with Crippen LogP contribution >= 0.6 is 0 Å². The average Bonchev–Trinajstić information content (AvgIpc) is 3.09. The lowest BCUT2D eigenvalue weighted by Crippen LogP contribution is -2.42. The number of hydrogen-bond donors (Lipinski definition) is 1. The number of para-hydroxylation sites is 2. The van der Waals surface area contributed by atoms with Gasteiger partial charge in [0.1, 0.15) is 23.0 Å². The van der Waals surface area contributed by atoms with Crippen LogP contribution in [-0.2, 0) is 0 Å². The van der Waals surface area contributed by atoms with Crippen LogP contribution in [0.5, 0.6) is 23.0 Å². The van der Waals surface area contributed by atoms with Crippen molar-refractivity contribution in [2.24, 2.45) is 0 Å². The first-order valence-electron chi connectivity index (χ1n) is 14.6. The van der Waals surface area contributed by atoms with Crippen LogP contribution in [0.2, 0.25) is 0 Å². The molecule has 0 spiro atoms. The fourth-order valence-corrected chi connectivity index (χ4v) is 6.07. The number of aliphatic hydroxyl groups is 1. The molecule has 2 heterocycles. The first kappa shape index (κ1) is 27.3. The summed E-state index contributed by atoms with van der Waals surface area (Å²) < 4.78 is 11.7. The zero-order valence-electron chi connectivity index (χ0n) is 24.2. The minimum atomic E-state index is -1.34. The number of ether oxygens (including phenoxy) is 2. The Morgan fingerprint density at radius 2 is 0.891 bits per heavy atom. The van der Waals surface area contributed by atoms with E-state index in [1.807, 2.05) is 60.7 Å². The first-order chi connectivity index (χ1) is 22.5. The molecular formula is C38H24N2O6. The first-order valence-corrected chi connectivity index (χ1v) is 14.6. The Labute approximate surface area is 263 Å². The van der Waals surface area contributed by atoms with Gasteiger partial charge in [0.05, 0.1) is 5.69 Å². The van der Waals surface area contributed by atoms with Crippen molar-refractivity contribution in [3.05, 3.63) is 156 Å². The predicted molar refractivity (Wildman–Crippen MR) is 173 cm³/mol. The van der Waals surface area contributed by atoms with E-state index in [1.165, 1.54) is 4.90 Å². The molecule has 6 aromatic rings. The van der Waals surface area contributed by atoms with Crippen LogP contribution in [0.3, 0.4) is 0 Å². The van der Waals surface area contributed by atoms with E-state index in [2.05, 4.69) is 0 Å². The van der Waals surface area contributed by atoms with E-state index in [1.54, 1.807) is 72.8 Å². The van der Waals surface area contributed by atoms with Crippen LogP contribution in [0.1, 0.15) is 42.9 Å². The standard InChI is InChI=1S/C38H24N2O6/c41-35-29-19-21-31-34-32(38(44)40(37(31)43)24-13-17-28(18-14-24)46-26-9-5-2-6-10-26)22-20-30(33(29)34)36(42)39(35)23-11-15-27(16-12-23)45-25-7-3-1-4-8-25/h1-22,35,41H. The average molecular weight is 605 g/mol. The smallest absolute Gasteiger partial charge is 0.265 e. The largest absolute Gasteiger partial charge is 0.457 e. The van der Waals surface area contributed by atoms with Gasteiger partial charge in [0, 0.05) is 38.7 Å². The molecule has 2 aliphatic heterocycles.